The quantitative estimate of drug-likeness (QED) is 0.847. The lowest BCUT2D eigenvalue weighted by Crippen LogP contribution is -2.46. The fourth-order valence-electron chi connectivity index (χ4n) is 2.27. The Labute approximate surface area is 119 Å². The Kier molecular flexibility index (Phi) is 5.12. The Morgan fingerprint density at radius 3 is 3.00 bits per heavy atom. The summed E-state index contributed by atoms with van der Waals surface area (Å²) >= 11 is 2.04. The van der Waals surface area contributed by atoms with Crippen LogP contribution in [0.2, 0.25) is 0 Å². The maximum Gasteiger partial charge on any atom is 0.137 e. The molecule has 1 aliphatic heterocycles. The van der Waals surface area contributed by atoms with E-state index in [4.69, 9.17) is 10.00 Å². The molecule has 1 saturated heterocycles. The second-order valence-corrected chi connectivity index (χ2v) is 6.29. The molecule has 1 aromatic carbocycles. The summed E-state index contributed by atoms with van der Waals surface area (Å²) in [5.74, 6) is 1.89. The van der Waals surface area contributed by atoms with Gasteiger partial charge in [-0.05, 0) is 19.1 Å². The summed E-state index contributed by atoms with van der Waals surface area (Å²) in [5, 5.41) is 9.68. The highest BCUT2D eigenvalue weighted by atomic mass is 32.2. The SMILES string of the molecule is CC1SCCN(CCOc2ccccc2C#N)C1C. The zero-order chi connectivity index (χ0) is 13.7. The van der Waals surface area contributed by atoms with E-state index in [0.29, 0.717) is 29.2 Å². The van der Waals surface area contributed by atoms with Crippen molar-refractivity contribution in [1.29, 1.82) is 5.26 Å². The Morgan fingerprint density at radius 1 is 1.42 bits per heavy atom. The predicted octanol–water partition coefficient (Wildman–Crippen LogP) is 2.76. The van der Waals surface area contributed by atoms with Gasteiger partial charge in [-0.1, -0.05) is 19.1 Å². The van der Waals surface area contributed by atoms with Gasteiger partial charge in [0, 0.05) is 30.1 Å². The maximum atomic E-state index is 9.00. The summed E-state index contributed by atoms with van der Waals surface area (Å²) in [6, 6.07) is 10.2. The first kappa shape index (κ1) is 14.2. The number of para-hydroxylation sites is 1. The average Bonchev–Trinajstić information content (AvgIpc) is 2.44. The first-order valence-corrected chi connectivity index (χ1v) is 7.75. The van der Waals surface area contributed by atoms with E-state index in [1.807, 2.05) is 30.0 Å². The standard InChI is InChI=1S/C15H20N2OS/c1-12-13(2)19-10-8-17(12)7-9-18-15-6-4-3-5-14(15)11-16/h3-6,12-13H,7-10H2,1-2H3. The van der Waals surface area contributed by atoms with Crippen molar-refractivity contribution < 1.29 is 4.74 Å². The fourth-order valence-corrected chi connectivity index (χ4v) is 3.43. The molecule has 3 nitrogen and oxygen atoms in total. The summed E-state index contributed by atoms with van der Waals surface area (Å²) in [6.45, 7) is 7.25. The number of benzene rings is 1. The Hall–Kier alpha value is -1.18. The van der Waals surface area contributed by atoms with Gasteiger partial charge in [-0.15, -0.1) is 0 Å². The highest BCUT2D eigenvalue weighted by Crippen LogP contribution is 2.24. The zero-order valence-corrected chi connectivity index (χ0v) is 12.3. The molecule has 0 aromatic heterocycles. The zero-order valence-electron chi connectivity index (χ0n) is 11.5. The first-order valence-electron chi connectivity index (χ1n) is 6.70. The Balaban J connectivity index is 1.85. The Morgan fingerprint density at radius 2 is 2.21 bits per heavy atom. The molecule has 0 N–H and O–H groups in total. The molecule has 0 saturated carbocycles. The van der Waals surface area contributed by atoms with Gasteiger partial charge in [0.25, 0.3) is 0 Å². The van der Waals surface area contributed by atoms with Crippen molar-refractivity contribution in [2.45, 2.75) is 25.1 Å². The van der Waals surface area contributed by atoms with Crippen molar-refractivity contribution in [3.63, 3.8) is 0 Å². The minimum absolute atomic E-state index is 0.591. The van der Waals surface area contributed by atoms with Gasteiger partial charge in [0.05, 0.1) is 5.56 Å². The third kappa shape index (κ3) is 3.65. The lowest BCUT2D eigenvalue weighted by molar-refractivity contribution is 0.170. The summed E-state index contributed by atoms with van der Waals surface area (Å²) in [6.07, 6.45) is 0. The molecule has 2 unspecified atom stereocenters. The van der Waals surface area contributed by atoms with Crippen LogP contribution in [0.5, 0.6) is 5.75 Å². The third-order valence-electron chi connectivity index (χ3n) is 3.66. The molecule has 0 bridgehead atoms. The molecule has 19 heavy (non-hydrogen) atoms. The number of rotatable bonds is 4. The first-order chi connectivity index (χ1) is 9.22. The second-order valence-electron chi connectivity index (χ2n) is 4.81. The monoisotopic (exact) mass is 276 g/mol. The van der Waals surface area contributed by atoms with Gasteiger partial charge in [-0.25, -0.2) is 0 Å². The van der Waals surface area contributed by atoms with Crippen LogP contribution in [0.3, 0.4) is 0 Å². The summed E-state index contributed by atoms with van der Waals surface area (Å²) in [4.78, 5) is 2.47. The van der Waals surface area contributed by atoms with Gasteiger partial charge in [0.1, 0.15) is 18.4 Å². The van der Waals surface area contributed by atoms with Crippen LogP contribution in [-0.4, -0.2) is 41.6 Å². The molecule has 0 aliphatic carbocycles. The van der Waals surface area contributed by atoms with E-state index in [0.717, 1.165) is 13.1 Å². The van der Waals surface area contributed by atoms with E-state index < -0.39 is 0 Å². The van der Waals surface area contributed by atoms with Crippen molar-refractivity contribution in [2.75, 3.05) is 25.4 Å². The van der Waals surface area contributed by atoms with Crippen LogP contribution < -0.4 is 4.74 Å². The smallest absolute Gasteiger partial charge is 0.137 e. The second kappa shape index (κ2) is 6.83. The molecule has 0 spiro atoms. The number of nitriles is 1. The molecular weight excluding hydrogens is 256 g/mol. The normalized spacial score (nSPS) is 23.8. The van der Waals surface area contributed by atoms with E-state index in [9.17, 15) is 0 Å². The minimum atomic E-state index is 0.591. The van der Waals surface area contributed by atoms with Crippen molar-refractivity contribution >= 4 is 11.8 Å². The van der Waals surface area contributed by atoms with Gasteiger partial charge in [-0.3, -0.25) is 4.90 Å². The highest BCUT2D eigenvalue weighted by molar-refractivity contribution is 8.00. The van der Waals surface area contributed by atoms with Crippen LogP contribution in [0.15, 0.2) is 24.3 Å². The molecule has 4 heteroatoms. The number of hydrogen-bond donors (Lipinski definition) is 0. The van der Waals surface area contributed by atoms with Crippen LogP contribution in [-0.2, 0) is 0 Å². The number of thioether (sulfide) groups is 1. The number of hydrogen-bond acceptors (Lipinski definition) is 4. The molecule has 2 atom stereocenters. The van der Waals surface area contributed by atoms with Crippen LogP contribution in [0.25, 0.3) is 0 Å². The van der Waals surface area contributed by atoms with E-state index in [1.54, 1.807) is 6.07 Å². The van der Waals surface area contributed by atoms with E-state index in [-0.39, 0.29) is 0 Å². The lowest BCUT2D eigenvalue weighted by Gasteiger charge is -2.37. The molecule has 2 rings (SSSR count). The fraction of sp³-hybridized carbons (Fsp3) is 0.533. The van der Waals surface area contributed by atoms with Gasteiger partial charge in [0.15, 0.2) is 0 Å². The third-order valence-corrected chi connectivity index (χ3v) is 5.00. The molecule has 1 heterocycles. The molecule has 0 amide bonds. The number of nitrogens with zero attached hydrogens (tertiary/aromatic N) is 2. The number of ether oxygens (including phenoxy) is 1. The van der Waals surface area contributed by atoms with Crippen molar-refractivity contribution in [3.05, 3.63) is 29.8 Å². The molecule has 1 fully saturated rings. The van der Waals surface area contributed by atoms with Crippen LogP contribution in [0, 0.1) is 11.3 Å². The Bertz CT molecular complexity index is 458. The lowest BCUT2D eigenvalue weighted by atomic mass is 10.2. The molecule has 102 valence electrons. The largest absolute Gasteiger partial charge is 0.491 e. The topological polar surface area (TPSA) is 36.3 Å². The van der Waals surface area contributed by atoms with Crippen LogP contribution >= 0.6 is 11.8 Å². The minimum Gasteiger partial charge on any atom is -0.491 e. The highest BCUT2D eigenvalue weighted by Gasteiger charge is 2.24. The van der Waals surface area contributed by atoms with E-state index in [1.165, 1.54) is 5.75 Å². The average molecular weight is 276 g/mol. The predicted molar refractivity (Wildman–Crippen MR) is 79.6 cm³/mol. The summed E-state index contributed by atoms with van der Waals surface area (Å²) < 4.78 is 5.74. The van der Waals surface area contributed by atoms with Gasteiger partial charge in [0.2, 0.25) is 0 Å². The van der Waals surface area contributed by atoms with E-state index >= 15 is 0 Å². The molecule has 0 radical (unpaired) electrons. The molecule has 1 aliphatic rings. The van der Waals surface area contributed by atoms with Crippen molar-refractivity contribution in [3.8, 4) is 11.8 Å². The van der Waals surface area contributed by atoms with Gasteiger partial charge in [-0.2, -0.15) is 17.0 Å². The summed E-state index contributed by atoms with van der Waals surface area (Å²) in [5.41, 5.74) is 0.609. The van der Waals surface area contributed by atoms with Gasteiger partial charge >= 0.3 is 0 Å². The van der Waals surface area contributed by atoms with Crippen LogP contribution in [0.4, 0.5) is 0 Å². The summed E-state index contributed by atoms with van der Waals surface area (Å²) in [7, 11) is 0. The van der Waals surface area contributed by atoms with Crippen LogP contribution in [0.1, 0.15) is 19.4 Å². The van der Waals surface area contributed by atoms with Crippen molar-refractivity contribution in [2.24, 2.45) is 0 Å². The van der Waals surface area contributed by atoms with E-state index in [2.05, 4.69) is 24.8 Å². The molecular formula is C15H20N2OS. The maximum absolute atomic E-state index is 9.00. The van der Waals surface area contributed by atoms with Crippen molar-refractivity contribution in [1.82, 2.24) is 4.90 Å². The van der Waals surface area contributed by atoms with Gasteiger partial charge < -0.3 is 4.74 Å². The molecule has 1 aromatic rings.